The van der Waals surface area contributed by atoms with Gasteiger partial charge < -0.3 is 10.2 Å². The van der Waals surface area contributed by atoms with E-state index in [1.165, 1.54) is 12.1 Å². The first-order valence-electron chi connectivity index (χ1n) is 10.3. The molecule has 0 atom stereocenters. The molecule has 0 aliphatic carbocycles. The van der Waals surface area contributed by atoms with E-state index in [2.05, 4.69) is 12.2 Å². The molecule has 1 N–H and O–H groups in total. The van der Waals surface area contributed by atoms with Crippen molar-refractivity contribution in [2.45, 2.75) is 19.8 Å². The summed E-state index contributed by atoms with van der Waals surface area (Å²) in [4.78, 5) is 41.4. The number of benzene rings is 2. The summed E-state index contributed by atoms with van der Waals surface area (Å²) in [6.45, 7) is 3.60. The Kier molecular flexibility index (Phi) is 6.91. The second kappa shape index (κ2) is 9.55. The largest absolute Gasteiger partial charge is 0.350 e. The molecule has 0 saturated carbocycles. The van der Waals surface area contributed by atoms with Crippen LogP contribution < -0.4 is 10.2 Å². The van der Waals surface area contributed by atoms with E-state index in [0.29, 0.717) is 30.3 Å². The van der Waals surface area contributed by atoms with Gasteiger partial charge in [0.15, 0.2) is 0 Å². The molecule has 6 nitrogen and oxygen atoms in total. The molecular weight excluding hydrogens is 508 g/mol. The summed E-state index contributed by atoms with van der Waals surface area (Å²) in [5, 5.41) is 2.97. The minimum absolute atomic E-state index is 0.0688. The Morgan fingerprint density at radius 3 is 2.30 bits per heavy atom. The lowest BCUT2D eigenvalue weighted by Crippen LogP contribution is -2.37. The Morgan fingerprint density at radius 2 is 1.61 bits per heavy atom. The minimum atomic E-state index is -0.751. The third kappa shape index (κ3) is 4.71. The minimum Gasteiger partial charge on any atom is -0.350 e. The number of carbonyl (C=O) groups excluding carboxylic acids is 3. The van der Waals surface area contributed by atoms with E-state index in [1.807, 2.05) is 4.90 Å². The van der Waals surface area contributed by atoms with Crippen LogP contribution >= 0.6 is 46.4 Å². The van der Waals surface area contributed by atoms with Gasteiger partial charge in [0, 0.05) is 24.3 Å². The summed E-state index contributed by atoms with van der Waals surface area (Å²) < 4.78 is 0. The van der Waals surface area contributed by atoms with Gasteiger partial charge >= 0.3 is 0 Å². The topological polar surface area (TPSA) is 69.7 Å². The molecular formula is C23H19Cl4N3O3. The number of halogens is 4. The van der Waals surface area contributed by atoms with Crippen LogP contribution in [0.15, 0.2) is 47.1 Å². The predicted molar refractivity (Wildman–Crippen MR) is 131 cm³/mol. The maximum absolute atomic E-state index is 13.1. The maximum atomic E-state index is 13.1. The van der Waals surface area contributed by atoms with Crippen molar-refractivity contribution < 1.29 is 14.4 Å². The fourth-order valence-corrected chi connectivity index (χ4v) is 4.62. The van der Waals surface area contributed by atoms with Gasteiger partial charge in [-0.1, -0.05) is 59.4 Å². The van der Waals surface area contributed by atoms with Gasteiger partial charge in [0.25, 0.3) is 17.7 Å². The maximum Gasteiger partial charge on any atom is 0.283 e. The lowest BCUT2D eigenvalue weighted by Gasteiger charge is -2.30. The van der Waals surface area contributed by atoms with Crippen molar-refractivity contribution in [3.63, 3.8) is 0 Å². The molecule has 10 heteroatoms. The average Bonchev–Trinajstić information content (AvgIpc) is 3.00. The molecule has 1 saturated heterocycles. The molecule has 2 aliphatic heterocycles. The smallest absolute Gasteiger partial charge is 0.283 e. The molecule has 33 heavy (non-hydrogen) atoms. The zero-order valence-electron chi connectivity index (χ0n) is 17.5. The number of likely N-dealkylation sites (tertiary alicyclic amines) is 1. The zero-order valence-corrected chi connectivity index (χ0v) is 20.5. The standard InChI is InChI=1S/C23H19Cl4N3O3/c1-12-5-7-29(8-6-12)21(31)13-3-2-4-14(9-13)28-20-19(27)22(32)30(23(20)33)18-11-16(25)15(24)10-17(18)26/h2-4,9-12,28H,5-8H2,1H3. The number of hydrogen-bond acceptors (Lipinski definition) is 4. The second-order valence-electron chi connectivity index (χ2n) is 8.03. The molecule has 2 aromatic carbocycles. The highest BCUT2D eigenvalue weighted by Gasteiger charge is 2.40. The van der Waals surface area contributed by atoms with Crippen LogP contribution in [0.3, 0.4) is 0 Å². The Balaban J connectivity index is 1.56. The molecule has 4 rings (SSSR count). The van der Waals surface area contributed by atoms with E-state index < -0.39 is 11.8 Å². The number of anilines is 2. The monoisotopic (exact) mass is 525 g/mol. The number of nitrogens with one attached hydrogen (secondary N) is 1. The Morgan fingerprint density at radius 1 is 0.939 bits per heavy atom. The summed E-state index contributed by atoms with van der Waals surface area (Å²) in [7, 11) is 0. The van der Waals surface area contributed by atoms with Crippen molar-refractivity contribution in [2.75, 3.05) is 23.3 Å². The molecule has 3 amide bonds. The van der Waals surface area contributed by atoms with Gasteiger partial charge in [0.2, 0.25) is 0 Å². The summed E-state index contributed by atoms with van der Waals surface area (Å²) >= 11 is 24.4. The van der Waals surface area contributed by atoms with Gasteiger partial charge in [-0.2, -0.15) is 0 Å². The summed E-state index contributed by atoms with van der Waals surface area (Å²) in [6, 6.07) is 9.39. The molecule has 172 valence electrons. The predicted octanol–water partition coefficient (Wildman–Crippen LogP) is 5.95. The first kappa shape index (κ1) is 23.9. The molecule has 0 aromatic heterocycles. The molecule has 0 unspecified atom stereocenters. The lowest BCUT2D eigenvalue weighted by molar-refractivity contribution is -0.120. The molecule has 2 heterocycles. The van der Waals surface area contributed by atoms with Crippen molar-refractivity contribution >= 4 is 75.5 Å². The Bertz CT molecular complexity index is 1190. The highest BCUT2D eigenvalue weighted by Crippen LogP contribution is 2.38. The first-order valence-corrected chi connectivity index (χ1v) is 11.8. The van der Waals surface area contributed by atoms with Crippen LogP contribution in [0.4, 0.5) is 11.4 Å². The number of piperidine rings is 1. The van der Waals surface area contributed by atoms with Crippen LogP contribution in [0, 0.1) is 5.92 Å². The van der Waals surface area contributed by atoms with Crippen LogP contribution in [0.5, 0.6) is 0 Å². The Hall–Kier alpha value is -2.25. The van der Waals surface area contributed by atoms with Gasteiger partial charge in [0.1, 0.15) is 10.7 Å². The second-order valence-corrected chi connectivity index (χ2v) is 9.63. The number of rotatable bonds is 4. The van der Waals surface area contributed by atoms with Crippen molar-refractivity contribution in [3.05, 3.63) is 67.8 Å². The average molecular weight is 527 g/mol. The SMILES string of the molecule is CC1CCN(C(=O)c2cccc(NC3=C(Cl)C(=O)N(c4cc(Cl)c(Cl)cc4Cl)C3=O)c2)CC1. The highest BCUT2D eigenvalue weighted by molar-refractivity contribution is 6.54. The van der Waals surface area contributed by atoms with E-state index in [4.69, 9.17) is 46.4 Å². The van der Waals surface area contributed by atoms with Crippen LogP contribution in [0.25, 0.3) is 0 Å². The number of imide groups is 1. The molecule has 0 radical (unpaired) electrons. The normalized spacial score (nSPS) is 17.2. The van der Waals surface area contributed by atoms with E-state index >= 15 is 0 Å². The lowest BCUT2D eigenvalue weighted by atomic mass is 9.98. The molecule has 0 bridgehead atoms. The third-order valence-electron chi connectivity index (χ3n) is 5.71. The van der Waals surface area contributed by atoms with Crippen molar-refractivity contribution in [1.29, 1.82) is 0 Å². The van der Waals surface area contributed by atoms with Crippen LogP contribution in [-0.2, 0) is 9.59 Å². The van der Waals surface area contributed by atoms with Crippen LogP contribution in [0.2, 0.25) is 15.1 Å². The van der Waals surface area contributed by atoms with Crippen LogP contribution in [0.1, 0.15) is 30.1 Å². The zero-order chi connectivity index (χ0) is 23.9. The molecule has 2 aliphatic rings. The van der Waals surface area contributed by atoms with Gasteiger partial charge in [0.05, 0.1) is 20.8 Å². The van der Waals surface area contributed by atoms with Crippen molar-refractivity contribution in [3.8, 4) is 0 Å². The highest BCUT2D eigenvalue weighted by atomic mass is 35.5. The molecule has 0 spiro atoms. The van der Waals surface area contributed by atoms with E-state index in [9.17, 15) is 14.4 Å². The third-order valence-corrected chi connectivity index (χ3v) is 7.08. The van der Waals surface area contributed by atoms with E-state index in [1.54, 1.807) is 24.3 Å². The number of nitrogens with zero attached hydrogens (tertiary/aromatic N) is 2. The molecule has 2 aromatic rings. The number of hydrogen-bond donors (Lipinski definition) is 1. The molecule has 1 fully saturated rings. The first-order chi connectivity index (χ1) is 15.7. The van der Waals surface area contributed by atoms with Gasteiger partial charge in [-0.25, -0.2) is 4.90 Å². The fourth-order valence-electron chi connectivity index (χ4n) is 3.78. The van der Waals surface area contributed by atoms with Crippen LogP contribution in [-0.4, -0.2) is 35.7 Å². The summed E-state index contributed by atoms with van der Waals surface area (Å²) in [5.41, 5.74) is 0.870. The summed E-state index contributed by atoms with van der Waals surface area (Å²) in [6.07, 6.45) is 1.94. The van der Waals surface area contributed by atoms with E-state index in [0.717, 1.165) is 17.7 Å². The van der Waals surface area contributed by atoms with Crippen molar-refractivity contribution in [2.24, 2.45) is 5.92 Å². The number of carbonyl (C=O) groups is 3. The summed E-state index contributed by atoms with van der Waals surface area (Å²) in [5.74, 6) is -0.927. The fraction of sp³-hybridized carbons (Fsp3) is 0.261. The quantitative estimate of drug-likeness (QED) is 0.394. The van der Waals surface area contributed by atoms with Gasteiger partial charge in [-0.3, -0.25) is 14.4 Å². The number of amides is 3. The van der Waals surface area contributed by atoms with E-state index in [-0.39, 0.29) is 37.4 Å². The van der Waals surface area contributed by atoms with Gasteiger partial charge in [-0.15, -0.1) is 0 Å². The van der Waals surface area contributed by atoms with Crippen molar-refractivity contribution in [1.82, 2.24) is 4.90 Å². The Labute approximate surface area is 211 Å². The van der Waals surface area contributed by atoms with Gasteiger partial charge in [-0.05, 0) is 49.1 Å².